The van der Waals surface area contributed by atoms with E-state index in [0.717, 1.165) is 52.2 Å². The van der Waals surface area contributed by atoms with Gasteiger partial charge in [0.25, 0.3) is 0 Å². The third kappa shape index (κ3) is 2.54. The number of amides is 1. The molecule has 0 aromatic carbocycles. The van der Waals surface area contributed by atoms with Gasteiger partial charge < -0.3 is 9.64 Å². The third-order valence-corrected chi connectivity index (χ3v) is 4.74. The molecule has 3 rings (SSSR count). The monoisotopic (exact) mass is 252 g/mol. The molecule has 3 heterocycles. The average molecular weight is 252 g/mol. The van der Waals surface area contributed by atoms with Crippen molar-refractivity contribution in [1.29, 1.82) is 0 Å². The Kier molecular flexibility index (Phi) is 3.85. The van der Waals surface area contributed by atoms with Crippen LogP contribution in [0.1, 0.15) is 32.1 Å². The summed E-state index contributed by atoms with van der Waals surface area (Å²) < 4.78 is 5.41. The molecule has 1 amide bonds. The lowest BCUT2D eigenvalue weighted by atomic mass is 9.83. The molecule has 0 bridgehead atoms. The summed E-state index contributed by atoms with van der Waals surface area (Å²) in [5.74, 6) is 1.10. The zero-order valence-electron chi connectivity index (χ0n) is 11.1. The maximum atomic E-state index is 12.0. The van der Waals surface area contributed by atoms with Crippen molar-refractivity contribution < 1.29 is 9.53 Å². The molecule has 0 saturated carbocycles. The van der Waals surface area contributed by atoms with Gasteiger partial charge in [-0.25, -0.2) is 0 Å². The SMILES string of the molecule is O=C1CCC(CN2CCOCC2)C2CCCCN12. The van der Waals surface area contributed by atoms with Crippen LogP contribution in [0.25, 0.3) is 0 Å². The molecular weight excluding hydrogens is 228 g/mol. The second kappa shape index (κ2) is 5.57. The molecule has 4 heteroatoms. The van der Waals surface area contributed by atoms with Gasteiger partial charge in [-0.1, -0.05) is 0 Å². The fourth-order valence-electron chi connectivity index (χ4n) is 3.73. The molecule has 3 fully saturated rings. The van der Waals surface area contributed by atoms with E-state index in [1.165, 1.54) is 19.3 Å². The van der Waals surface area contributed by atoms with Gasteiger partial charge in [-0.3, -0.25) is 9.69 Å². The van der Waals surface area contributed by atoms with Crippen molar-refractivity contribution in [3.63, 3.8) is 0 Å². The normalized spacial score (nSPS) is 34.4. The van der Waals surface area contributed by atoms with E-state index in [1.807, 2.05) is 0 Å². The first-order chi connectivity index (χ1) is 8.84. The summed E-state index contributed by atoms with van der Waals surface area (Å²) in [5.41, 5.74) is 0. The van der Waals surface area contributed by atoms with Gasteiger partial charge in [-0.2, -0.15) is 0 Å². The summed E-state index contributed by atoms with van der Waals surface area (Å²) in [6, 6.07) is 0.530. The van der Waals surface area contributed by atoms with E-state index in [9.17, 15) is 4.79 Å². The van der Waals surface area contributed by atoms with Crippen LogP contribution in [0, 0.1) is 5.92 Å². The molecular formula is C14H24N2O2. The molecule has 3 aliphatic rings. The number of rotatable bonds is 2. The molecule has 3 aliphatic heterocycles. The lowest BCUT2D eigenvalue weighted by Crippen LogP contribution is -2.54. The quantitative estimate of drug-likeness (QED) is 0.738. The van der Waals surface area contributed by atoms with E-state index in [-0.39, 0.29) is 0 Å². The Balaban J connectivity index is 1.61. The Bertz CT molecular complexity index is 302. The van der Waals surface area contributed by atoms with Gasteiger partial charge in [0.2, 0.25) is 5.91 Å². The Morgan fingerprint density at radius 1 is 1.11 bits per heavy atom. The second-order valence-electron chi connectivity index (χ2n) is 5.86. The first-order valence-electron chi connectivity index (χ1n) is 7.44. The lowest BCUT2D eigenvalue weighted by molar-refractivity contribution is -0.141. The molecule has 18 heavy (non-hydrogen) atoms. The molecule has 2 atom stereocenters. The lowest BCUT2D eigenvalue weighted by Gasteiger charge is -2.45. The van der Waals surface area contributed by atoms with Gasteiger partial charge in [0, 0.05) is 38.6 Å². The predicted molar refractivity (Wildman–Crippen MR) is 69.3 cm³/mol. The Hall–Kier alpha value is -0.610. The molecule has 4 nitrogen and oxygen atoms in total. The molecule has 0 aromatic rings. The molecule has 0 aliphatic carbocycles. The minimum absolute atomic E-state index is 0.401. The average Bonchev–Trinajstić information content (AvgIpc) is 2.44. The summed E-state index contributed by atoms with van der Waals surface area (Å²) in [6.45, 7) is 6.05. The summed E-state index contributed by atoms with van der Waals surface area (Å²) in [7, 11) is 0. The smallest absolute Gasteiger partial charge is 0.222 e. The van der Waals surface area contributed by atoms with Crippen LogP contribution in [0.2, 0.25) is 0 Å². The molecule has 102 valence electrons. The van der Waals surface area contributed by atoms with Crippen LogP contribution in [0.5, 0.6) is 0 Å². The van der Waals surface area contributed by atoms with Crippen LogP contribution < -0.4 is 0 Å². The summed E-state index contributed by atoms with van der Waals surface area (Å²) in [5, 5.41) is 0. The first kappa shape index (κ1) is 12.4. The highest BCUT2D eigenvalue weighted by atomic mass is 16.5. The number of nitrogens with zero attached hydrogens (tertiary/aromatic N) is 2. The van der Waals surface area contributed by atoms with Crippen molar-refractivity contribution in [1.82, 2.24) is 9.80 Å². The molecule has 0 spiro atoms. The minimum Gasteiger partial charge on any atom is -0.379 e. The third-order valence-electron chi connectivity index (χ3n) is 4.74. The summed E-state index contributed by atoms with van der Waals surface area (Å²) >= 11 is 0. The van der Waals surface area contributed by atoms with Crippen LogP contribution in [0.15, 0.2) is 0 Å². The molecule has 2 unspecified atom stereocenters. The van der Waals surface area contributed by atoms with E-state index < -0.39 is 0 Å². The van der Waals surface area contributed by atoms with Crippen LogP contribution in [-0.4, -0.2) is 61.1 Å². The number of carbonyl (C=O) groups is 1. The highest BCUT2D eigenvalue weighted by molar-refractivity contribution is 5.77. The van der Waals surface area contributed by atoms with Crippen LogP contribution in [0.3, 0.4) is 0 Å². The topological polar surface area (TPSA) is 32.8 Å². The van der Waals surface area contributed by atoms with Crippen molar-refractivity contribution in [2.24, 2.45) is 5.92 Å². The number of carbonyl (C=O) groups excluding carboxylic acids is 1. The second-order valence-corrected chi connectivity index (χ2v) is 5.86. The predicted octanol–water partition coefficient (Wildman–Crippen LogP) is 1.11. The van der Waals surface area contributed by atoms with E-state index in [1.54, 1.807) is 0 Å². The van der Waals surface area contributed by atoms with Gasteiger partial charge >= 0.3 is 0 Å². The highest BCUT2D eigenvalue weighted by Crippen LogP contribution is 2.32. The highest BCUT2D eigenvalue weighted by Gasteiger charge is 2.37. The van der Waals surface area contributed by atoms with Crippen LogP contribution >= 0.6 is 0 Å². The number of hydrogen-bond acceptors (Lipinski definition) is 3. The van der Waals surface area contributed by atoms with Gasteiger partial charge in [0.05, 0.1) is 13.2 Å². The Labute approximate surface area is 109 Å². The number of hydrogen-bond donors (Lipinski definition) is 0. The van der Waals surface area contributed by atoms with Gasteiger partial charge in [-0.05, 0) is 31.6 Å². The number of morpholine rings is 1. The molecule has 3 saturated heterocycles. The largest absolute Gasteiger partial charge is 0.379 e. The maximum Gasteiger partial charge on any atom is 0.222 e. The number of piperidine rings is 2. The zero-order chi connectivity index (χ0) is 12.4. The van der Waals surface area contributed by atoms with E-state index in [0.29, 0.717) is 17.9 Å². The van der Waals surface area contributed by atoms with Gasteiger partial charge in [0.1, 0.15) is 0 Å². The number of fused-ring (bicyclic) bond motifs is 1. The Morgan fingerprint density at radius 2 is 1.94 bits per heavy atom. The maximum absolute atomic E-state index is 12.0. The first-order valence-corrected chi connectivity index (χ1v) is 7.44. The van der Waals surface area contributed by atoms with E-state index >= 15 is 0 Å². The standard InChI is InChI=1S/C14H24N2O2/c17-14-5-4-12(11-15-7-9-18-10-8-15)13-3-1-2-6-16(13)14/h12-13H,1-11H2. The van der Waals surface area contributed by atoms with Crippen molar-refractivity contribution >= 4 is 5.91 Å². The van der Waals surface area contributed by atoms with Crippen LogP contribution in [-0.2, 0) is 9.53 Å². The van der Waals surface area contributed by atoms with Crippen molar-refractivity contribution in [2.75, 3.05) is 39.4 Å². The summed E-state index contributed by atoms with van der Waals surface area (Å²) in [6.07, 6.45) is 5.59. The minimum atomic E-state index is 0.401. The fraction of sp³-hybridized carbons (Fsp3) is 0.929. The van der Waals surface area contributed by atoms with E-state index in [4.69, 9.17) is 4.74 Å². The van der Waals surface area contributed by atoms with Crippen molar-refractivity contribution in [3.05, 3.63) is 0 Å². The Morgan fingerprint density at radius 3 is 2.78 bits per heavy atom. The number of ether oxygens (including phenoxy) is 1. The van der Waals surface area contributed by atoms with Crippen LogP contribution in [0.4, 0.5) is 0 Å². The van der Waals surface area contributed by atoms with Gasteiger partial charge in [0.15, 0.2) is 0 Å². The van der Waals surface area contributed by atoms with E-state index in [2.05, 4.69) is 9.80 Å². The van der Waals surface area contributed by atoms with Crippen molar-refractivity contribution in [2.45, 2.75) is 38.1 Å². The molecule has 0 aromatic heterocycles. The zero-order valence-corrected chi connectivity index (χ0v) is 11.1. The fourth-order valence-corrected chi connectivity index (χ4v) is 3.73. The summed E-state index contributed by atoms with van der Waals surface area (Å²) in [4.78, 5) is 16.7. The molecule has 0 radical (unpaired) electrons. The van der Waals surface area contributed by atoms with Crippen molar-refractivity contribution in [3.8, 4) is 0 Å². The molecule has 0 N–H and O–H groups in total. The van der Waals surface area contributed by atoms with Gasteiger partial charge in [-0.15, -0.1) is 0 Å².